The summed E-state index contributed by atoms with van der Waals surface area (Å²) in [6, 6.07) is 7.78. The lowest BCUT2D eigenvalue weighted by molar-refractivity contribution is -0.118. The van der Waals surface area contributed by atoms with Gasteiger partial charge in [0.15, 0.2) is 0 Å². The van der Waals surface area contributed by atoms with E-state index in [9.17, 15) is 4.79 Å². The van der Waals surface area contributed by atoms with Crippen molar-refractivity contribution in [1.29, 1.82) is 0 Å². The number of likely N-dealkylation sites (tertiary alicyclic amines) is 1. The molecule has 140 valence electrons. The van der Waals surface area contributed by atoms with E-state index in [0.717, 1.165) is 17.8 Å². The molecule has 3 rings (SSSR count). The molecule has 26 heavy (non-hydrogen) atoms. The van der Waals surface area contributed by atoms with Gasteiger partial charge >= 0.3 is 0 Å². The maximum Gasteiger partial charge on any atom is 0.246 e. The van der Waals surface area contributed by atoms with E-state index in [4.69, 9.17) is 0 Å². The number of aromatic nitrogens is 2. The van der Waals surface area contributed by atoms with Crippen molar-refractivity contribution in [2.45, 2.75) is 38.3 Å². The van der Waals surface area contributed by atoms with Crippen molar-refractivity contribution in [2.75, 3.05) is 25.5 Å². The third-order valence-corrected chi connectivity index (χ3v) is 4.94. The quantitative estimate of drug-likeness (QED) is 0.836. The molecule has 1 saturated heterocycles. The molecule has 1 atom stereocenters. The van der Waals surface area contributed by atoms with Crippen LogP contribution >= 0.6 is 0 Å². The number of carbonyl (C=O) groups is 1. The van der Waals surface area contributed by atoms with Crippen molar-refractivity contribution in [3.63, 3.8) is 0 Å². The van der Waals surface area contributed by atoms with E-state index in [1.165, 1.54) is 44.3 Å². The van der Waals surface area contributed by atoms with Crippen molar-refractivity contribution >= 4 is 11.6 Å². The number of nitrogens with zero attached hydrogens (tertiary/aromatic N) is 3. The van der Waals surface area contributed by atoms with Crippen molar-refractivity contribution in [3.8, 4) is 0 Å². The summed E-state index contributed by atoms with van der Waals surface area (Å²) < 4.78 is 1.70. The predicted octanol–water partition coefficient (Wildman–Crippen LogP) is 2.70. The Bertz CT molecular complexity index is 701. The van der Waals surface area contributed by atoms with E-state index < -0.39 is 6.04 Å². The van der Waals surface area contributed by atoms with E-state index in [1.807, 2.05) is 25.4 Å². The Kier molecular flexibility index (Phi) is 6.41. The first-order valence-corrected chi connectivity index (χ1v) is 9.43. The van der Waals surface area contributed by atoms with Gasteiger partial charge in [0.1, 0.15) is 6.04 Å². The van der Waals surface area contributed by atoms with Crippen LogP contribution in [0, 0.1) is 0 Å². The lowest BCUT2D eigenvalue weighted by atomic mass is 10.1. The van der Waals surface area contributed by atoms with Crippen LogP contribution in [0.4, 0.5) is 5.69 Å². The maximum atomic E-state index is 12.6. The molecule has 2 heterocycles. The van der Waals surface area contributed by atoms with Gasteiger partial charge in [-0.15, -0.1) is 0 Å². The average Bonchev–Trinajstić information content (AvgIpc) is 2.90. The fourth-order valence-corrected chi connectivity index (χ4v) is 3.50. The molecule has 1 aliphatic heterocycles. The van der Waals surface area contributed by atoms with Crippen LogP contribution in [0.3, 0.4) is 0 Å². The van der Waals surface area contributed by atoms with Crippen LogP contribution in [0.5, 0.6) is 0 Å². The number of hydrogen-bond donors (Lipinski definition) is 2. The lowest BCUT2D eigenvalue weighted by Crippen LogP contribution is -2.30. The molecule has 0 spiro atoms. The molecule has 1 amide bonds. The second-order valence-corrected chi connectivity index (χ2v) is 7.05. The minimum atomic E-state index is -0.416. The van der Waals surface area contributed by atoms with E-state index in [0.29, 0.717) is 0 Å². The van der Waals surface area contributed by atoms with Crippen molar-refractivity contribution in [3.05, 3.63) is 47.8 Å². The van der Waals surface area contributed by atoms with Gasteiger partial charge in [0, 0.05) is 31.0 Å². The summed E-state index contributed by atoms with van der Waals surface area (Å²) in [6.07, 6.45) is 8.87. The zero-order chi connectivity index (χ0) is 18.4. The molecule has 1 aromatic heterocycles. The van der Waals surface area contributed by atoms with Gasteiger partial charge in [0.05, 0.1) is 6.20 Å². The van der Waals surface area contributed by atoms with Crippen LogP contribution in [0.25, 0.3) is 0 Å². The third kappa shape index (κ3) is 4.93. The Morgan fingerprint density at radius 3 is 2.42 bits per heavy atom. The molecule has 0 radical (unpaired) electrons. The van der Waals surface area contributed by atoms with Crippen LogP contribution in [0.2, 0.25) is 0 Å². The fourth-order valence-electron chi connectivity index (χ4n) is 3.50. The number of rotatable bonds is 6. The molecular formula is C20H29N5O. The molecule has 6 nitrogen and oxygen atoms in total. The van der Waals surface area contributed by atoms with Gasteiger partial charge in [-0.25, -0.2) is 0 Å². The second-order valence-electron chi connectivity index (χ2n) is 7.05. The summed E-state index contributed by atoms with van der Waals surface area (Å²) in [5.74, 6) is -0.0826. The molecule has 0 bridgehead atoms. The smallest absolute Gasteiger partial charge is 0.246 e. The zero-order valence-corrected chi connectivity index (χ0v) is 15.7. The van der Waals surface area contributed by atoms with Gasteiger partial charge in [0.25, 0.3) is 0 Å². The number of anilines is 1. The Labute approximate surface area is 155 Å². The Hall–Kier alpha value is -2.18. The third-order valence-electron chi connectivity index (χ3n) is 4.94. The highest BCUT2D eigenvalue weighted by molar-refractivity contribution is 5.95. The summed E-state index contributed by atoms with van der Waals surface area (Å²) in [5.41, 5.74) is 2.96. The summed E-state index contributed by atoms with van der Waals surface area (Å²) in [7, 11) is 3.62. The monoisotopic (exact) mass is 355 g/mol. The summed E-state index contributed by atoms with van der Waals surface area (Å²) in [4.78, 5) is 15.1. The normalized spacial score (nSPS) is 16.8. The molecule has 0 saturated carbocycles. The van der Waals surface area contributed by atoms with Gasteiger partial charge in [-0.3, -0.25) is 14.4 Å². The highest BCUT2D eigenvalue weighted by Gasteiger charge is 2.20. The number of likely N-dealkylation sites (N-methyl/N-ethyl adjacent to an activating group) is 1. The maximum absolute atomic E-state index is 12.6. The van der Waals surface area contributed by atoms with Crippen molar-refractivity contribution < 1.29 is 4.79 Å². The van der Waals surface area contributed by atoms with Gasteiger partial charge < -0.3 is 10.6 Å². The SMILES string of the molecule is CNC(C(=O)Nc1ccc(CN2CCCCCC2)cc1)c1cnn(C)c1. The summed E-state index contributed by atoms with van der Waals surface area (Å²) >= 11 is 0. The van der Waals surface area contributed by atoms with Gasteiger partial charge in [-0.2, -0.15) is 5.10 Å². The molecule has 1 unspecified atom stereocenters. The number of aryl methyl sites for hydroxylation is 1. The predicted molar refractivity (Wildman–Crippen MR) is 104 cm³/mol. The van der Waals surface area contributed by atoms with E-state index >= 15 is 0 Å². The van der Waals surface area contributed by atoms with Crippen LogP contribution in [-0.2, 0) is 18.4 Å². The molecule has 2 aromatic rings. The highest BCUT2D eigenvalue weighted by atomic mass is 16.2. The van der Waals surface area contributed by atoms with E-state index in [-0.39, 0.29) is 5.91 Å². The lowest BCUT2D eigenvalue weighted by Gasteiger charge is -2.20. The van der Waals surface area contributed by atoms with Gasteiger partial charge in [-0.1, -0.05) is 25.0 Å². The van der Waals surface area contributed by atoms with Crippen LogP contribution < -0.4 is 10.6 Å². The standard InChI is InChI=1S/C20H29N5O/c1-21-19(17-13-22-24(2)15-17)20(26)23-18-9-7-16(8-10-18)14-25-11-5-3-4-6-12-25/h7-10,13,15,19,21H,3-6,11-12,14H2,1-2H3,(H,23,26). The Balaban J connectivity index is 1.58. The first-order chi connectivity index (χ1) is 12.7. The van der Waals surface area contributed by atoms with Crippen molar-refractivity contribution in [1.82, 2.24) is 20.0 Å². The van der Waals surface area contributed by atoms with Crippen LogP contribution in [0.15, 0.2) is 36.7 Å². The number of benzene rings is 1. The zero-order valence-electron chi connectivity index (χ0n) is 15.7. The van der Waals surface area contributed by atoms with Crippen molar-refractivity contribution in [2.24, 2.45) is 7.05 Å². The second kappa shape index (κ2) is 8.96. The van der Waals surface area contributed by atoms with Gasteiger partial charge in [-0.05, 0) is 50.7 Å². The molecule has 1 aliphatic rings. The number of amides is 1. The number of carbonyl (C=O) groups excluding carboxylic acids is 1. The summed E-state index contributed by atoms with van der Waals surface area (Å²) in [6.45, 7) is 3.37. The summed E-state index contributed by atoms with van der Waals surface area (Å²) in [5, 5.41) is 10.2. The fraction of sp³-hybridized carbons (Fsp3) is 0.500. The first-order valence-electron chi connectivity index (χ1n) is 9.43. The minimum Gasteiger partial charge on any atom is -0.324 e. The van der Waals surface area contributed by atoms with E-state index in [2.05, 4.69) is 32.8 Å². The topological polar surface area (TPSA) is 62.2 Å². The van der Waals surface area contributed by atoms with E-state index in [1.54, 1.807) is 17.9 Å². The molecule has 1 aromatic carbocycles. The Morgan fingerprint density at radius 1 is 1.15 bits per heavy atom. The molecule has 2 N–H and O–H groups in total. The number of hydrogen-bond acceptors (Lipinski definition) is 4. The molecule has 0 aliphatic carbocycles. The van der Waals surface area contributed by atoms with Gasteiger partial charge in [0.2, 0.25) is 5.91 Å². The first kappa shape index (κ1) is 18.6. The van der Waals surface area contributed by atoms with Crippen LogP contribution in [-0.4, -0.2) is 40.7 Å². The van der Waals surface area contributed by atoms with Crippen LogP contribution in [0.1, 0.15) is 42.9 Å². The number of nitrogens with one attached hydrogen (secondary N) is 2. The molecular weight excluding hydrogens is 326 g/mol. The molecule has 6 heteroatoms. The minimum absolute atomic E-state index is 0.0826. The largest absolute Gasteiger partial charge is 0.324 e. The highest BCUT2D eigenvalue weighted by Crippen LogP contribution is 2.18. The Morgan fingerprint density at radius 2 is 1.85 bits per heavy atom. The average molecular weight is 355 g/mol. The molecule has 1 fully saturated rings.